The molecule has 2 aromatic rings. The summed E-state index contributed by atoms with van der Waals surface area (Å²) >= 11 is 0. The third-order valence-electron chi connectivity index (χ3n) is 2.09. The van der Waals surface area contributed by atoms with Gasteiger partial charge in [-0.2, -0.15) is 0 Å². The van der Waals surface area contributed by atoms with Crippen LogP contribution in [0.4, 0.5) is 5.69 Å². The number of non-ortho nitro benzene ring substituents is 1. The highest BCUT2D eigenvalue weighted by Crippen LogP contribution is 2.17. The lowest BCUT2D eigenvalue weighted by Crippen LogP contribution is -1.96. The van der Waals surface area contributed by atoms with E-state index in [4.69, 9.17) is 0 Å². The van der Waals surface area contributed by atoms with E-state index in [9.17, 15) is 14.3 Å². The van der Waals surface area contributed by atoms with Crippen molar-refractivity contribution in [2.45, 2.75) is 9.92 Å². The fourth-order valence-corrected chi connectivity index (χ4v) is 2.25. The van der Waals surface area contributed by atoms with Crippen LogP contribution in [0.15, 0.2) is 58.6 Å². The lowest BCUT2D eigenvalue weighted by Gasteiger charge is -2.00. The molecular weight excluding hydrogens is 240 g/mol. The van der Waals surface area contributed by atoms with Gasteiger partial charge in [0.05, 0.1) is 4.92 Å². The minimum absolute atomic E-state index is 0.0215. The van der Waals surface area contributed by atoms with Gasteiger partial charge in [0, 0.05) is 23.2 Å². The molecule has 0 saturated heterocycles. The second-order valence-electron chi connectivity index (χ2n) is 3.19. The van der Waals surface area contributed by atoms with Crippen molar-refractivity contribution in [2.75, 3.05) is 0 Å². The SMILES string of the molecule is O=[N+]([O-])c1ccc(S(=O)c2ccccn2)cc1. The summed E-state index contributed by atoms with van der Waals surface area (Å²) in [6.07, 6.45) is 1.55. The average molecular weight is 248 g/mol. The monoisotopic (exact) mass is 248 g/mol. The van der Waals surface area contributed by atoms with Crippen molar-refractivity contribution >= 4 is 16.5 Å². The van der Waals surface area contributed by atoms with Gasteiger partial charge in [0.25, 0.3) is 5.69 Å². The number of pyridine rings is 1. The molecule has 0 aliphatic heterocycles. The largest absolute Gasteiger partial charge is 0.269 e. The van der Waals surface area contributed by atoms with Crippen LogP contribution in [0.1, 0.15) is 0 Å². The minimum atomic E-state index is -1.40. The summed E-state index contributed by atoms with van der Waals surface area (Å²) in [6.45, 7) is 0. The van der Waals surface area contributed by atoms with Gasteiger partial charge < -0.3 is 0 Å². The third kappa shape index (κ3) is 2.54. The molecule has 0 radical (unpaired) electrons. The smallest absolute Gasteiger partial charge is 0.258 e. The highest BCUT2D eigenvalue weighted by atomic mass is 32.2. The van der Waals surface area contributed by atoms with Crippen LogP contribution in [-0.2, 0) is 10.8 Å². The predicted octanol–water partition coefficient (Wildman–Crippen LogP) is 2.16. The van der Waals surface area contributed by atoms with Crippen molar-refractivity contribution in [1.82, 2.24) is 4.98 Å². The second-order valence-corrected chi connectivity index (χ2v) is 4.61. The lowest BCUT2D eigenvalue weighted by molar-refractivity contribution is -0.384. The van der Waals surface area contributed by atoms with Crippen LogP contribution in [0.3, 0.4) is 0 Å². The number of nitro groups is 1. The molecule has 1 unspecified atom stereocenters. The van der Waals surface area contributed by atoms with E-state index in [0.717, 1.165) is 0 Å². The second kappa shape index (κ2) is 4.84. The number of hydrogen-bond acceptors (Lipinski definition) is 4. The molecule has 1 heterocycles. The van der Waals surface area contributed by atoms with Crippen LogP contribution >= 0.6 is 0 Å². The maximum atomic E-state index is 12.0. The van der Waals surface area contributed by atoms with Gasteiger partial charge >= 0.3 is 0 Å². The maximum absolute atomic E-state index is 12.0. The van der Waals surface area contributed by atoms with Crippen LogP contribution in [0.25, 0.3) is 0 Å². The van der Waals surface area contributed by atoms with E-state index in [1.54, 1.807) is 24.4 Å². The Morgan fingerprint density at radius 2 is 1.82 bits per heavy atom. The molecule has 0 aliphatic rings. The quantitative estimate of drug-likeness (QED) is 0.616. The van der Waals surface area contributed by atoms with E-state index in [1.807, 2.05) is 0 Å². The van der Waals surface area contributed by atoms with Gasteiger partial charge in [0.2, 0.25) is 0 Å². The number of hydrogen-bond donors (Lipinski definition) is 0. The van der Waals surface area contributed by atoms with Crippen LogP contribution in [-0.4, -0.2) is 14.1 Å². The Hall–Kier alpha value is -2.08. The van der Waals surface area contributed by atoms with E-state index in [-0.39, 0.29) is 5.69 Å². The number of benzene rings is 1. The number of rotatable bonds is 3. The fraction of sp³-hybridized carbons (Fsp3) is 0. The molecule has 0 saturated carbocycles. The van der Waals surface area contributed by atoms with Crippen molar-refractivity contribution in [3.05, 3.63) is 58.8 Å². The Morgan fingerprint density at radius 3 is 2.35 bits per heavy atom. The van der Waals surface area contributed by atoms with Crippen molar-refractivity contribution in [1.29, 1.82) is 0 Å². The van der Waals surface area contributed by atoms with Gasteiger partial charge in [-0.3, -0.25) is 10.1 Å². The first-order chi connectivity index (χ1) is 8.18. The van der Waals surface area contributed by atoms with E-state index >= 15 is 0 Å². The molecule has 0 amide bonds. The fourth-order valence-electron chi connectivity index (χ4n) is 1.27. The van der Waals surface area contributed by atoms with Crippen LogP contribution in [0, 0.1) is 10.1 Å². The standard InChI is InChI=1S/C11H8N2O3S/c14-13(15)9-4-6-10(7-5-9)17(16)11-3-1-2-8-12-11/h1-8H. The van der Waals surface area contributed by atoms with E-state index < -0.39 is 15.7 Å². The van der Waals surface area contributed by atoms with E-state index in [1.165, 1.54) is 24.3 Å². The summed E-state index contributed by atoms with van der Waals surface area (Å²) < 4.78 is 12.0. The highest BCUT2D eigenvalue weighted by molar-refractivity contribution is 7.85. The third-order valence-corrected chi connectivity index (χ3v) is 3.41. The molecule has 6 heteroatoms. The molecule has 0 bridgehead atoms. The lowest BCUT2D eigenvalue weighted by atomic mass is 10.3. The maximum Gasteiger partial charge on any atom is 0.269 e. The van der Waals surface area contributed by atoms with Crippen LogP contribution in [0.2, 0.25) is 0 Å². The van der Waals surface area contributed by atoms with Gasteiger partial charge in [-0.25, -0.2) is 9.19 Å². The first kappa shape index (κ1) is 11.4. The minimum Gasteiger partial charge on any atom is -0.258 e. The molecule has 5 nitrogen and oxygen atoms in total. The van der Waals surface area contributed by atoms with Crippen LogP contribution < -0.4 is 0 Å². The number of aromatic nitrogens is 1. The van der Waals surface area contributed by atoms with E-state index in [0.29, 0.717) is 9.92 Å². The summed E-state index contributed by atoms with van der Waals surface area (Å²) in [7, 11) is -1.40. The first-order valence-corrected chi connectivity index (χ1v) is 5.91. The topological polar surface area (TPSA) is 73.1 Å². The van der Waals surface area contributed by atoms with Crippen molar-refractivity contribution in [3.8, 4) is 0 Å². The Bertz CT molecular complexity index is 555. The molecule has 0 N–H and O–H groups in total. The Kier molecular flexibility index (Phi) is 3.24. The molecule has 1 atom stereocenters. The molecule has 86 valence electrons. The molecular formula is C11H8N2O3S. The van der Waals surface area contributed by atoms with Gasteiger partial charge in [-0.1, -0.05) is 6.07 Å². The van der Waals surface area contributed by atoms with Crippen molar-refractivity contribution in [2.24, 2.45) is 0 Å². The molecule has 0 aliphatic carbocycles. The summed E-state index contributed by atoms with van der Waals surface area (Å²) in [5.41, 5.74) is -0.0215. The van der Waals surface area contributed by atoms with Crippen molar-refractivity contribution in [3.63, 3.8) is 0 Å². The number of nitro benzene ring substituents is 1. The predicted molar refractivity (Wildman–Crippen MR) is 62.0 cm³/mol. The Labute approximate surface area is 99.7 Å². The molecule has 1 aromatic heterocycles. The van der Waals surface area contributed by atoms with E-state index in [2.05, 4.69) is 4.98 Å². The normalized spacial score (nSPS) is 12.0. The first-order valence-electron chi connectivity index (χ1n) is 4.76. The van der Waals surface area contributed by atoms with Gasteiger partial charge in [-0.15, -0.1) is 0 Å². The molecule has 2 rings (SSSR count). The Morgan fingerprint density at radius 1 is 1.12 bits per heavy atom. The summed E-state index contributed by atoms with van der Waals surface area (Å²) in [5, 5.41) is 10.9. The zero-order valence-electron chi connectivity index (χ0n) is 8.65. The highest BCUT2D eigenvalue weighted by Gasteiger charge is 2.10. The van der Waals surface area contributed by atoms with Crippen molar-refractivity contribution < 1.29 is 9.13 Å². The molecule has 0 fully saturated rings. The average Bonchev–Trinajstić information content (AvgIpc) is 2.39. The van der Waals surface area contributed by atoms with Gasteiger partial charge in [-0.05, 0) is 24.3 Å². The molecule has 1 aromatic carbocycles. The molecule has 17 heavy (non-hydrogen) atoms. The zero-order chi connectivity index (χ0) is 12.3. The summed E-state index contributed by atoms with van der Waals surface area (Å²) in [6, 6.07) is 10.7. The molecule has 0 spiro atoms. The number of nitrogens with zero attached hydrogens (tertiary/aromatic N) is 2. The van der Waals surface area contributed by atoms with Gasteiger partial charge in [0.1, 0.15) is 15.8 Å². The summed E-state index contributed by atoms with van der Waals surface area (Å²) in [5.74, 6) is 0. The van der Waals surface area contributed by atoms with Crippen LogP contribution in [0.5, 0.6) is 0 Å². The Balaban J connectivity index is 2.30. The summed E-state index contributed by atoms with van der Waals surface area (Å²) in [4.78, 5) is 14.5. The zero-order valence-corrected chi connectivity index (χ0v) is 9.46. The van der Waals surface area contributed by atoms with Gasteiger partial charge in [0.15, 0.2) is 0 Å².